The second kappa shape index (κ2) is 94.6. The standard InChI is InChI=1S/CH4O.O.Ti/c1-2;;/h2H,1H3;;. The zero-order valence-electron chi connectivity index (χ0n) is 2.36. The fraction of sp³-hybridized carbons (Fsp3) is 1.00. The van der Waals surface area contributed by atoms with E-state index in [2.05, 4.69) is 0 Å². The summed E-state index contributed by atoms with van der Waals surface area (Å²) in [6.45, 7) is 0. The summed E-state index contributed by atoms with van der Waals surface area (Å²) < 4.78 is 8.25. The van der Waals surface area contributed by atoms with Crippen LogP contribution < -0.4 is 0 Å². The molecule has 0 unspecified atom stereocenters. The van der Waals surface area contributed by atoms with Crippen molar-refractivity contribution >= 4 is 0 Å². The summed E-state index contributed by atoms with van der Waals surface area (Å²) in [5, 5.41) is 7.00. The molecule has 0 radical (unpaired) electrons. The molecule has 24 valence electrons. The maximum atomic E-state index is 8.25. The van der Waals surface area contributed by atoms with Gasteiger partial charge in [0.2, 0.25) is 0 Å². The summed E-state index contributed by atoms with van der Waals surface area (Å²) in [5.74, 6) is 0. The van der Waals surface area contributed by atoms with Crippen LogP contribution in [0, 0.1) is 0 Å². The van der Waals surface area contributed by atoms with E-state index in [0.29, 0.717) is 0 Å². The molecule has 0 rings (SSSR count). The van der Waals surface area contributed by atoms with E-state index in [4.69, 9.17) is 8.43 Å². The molecule has 4 heavy (non-hydrogen) atoms. The molecule has 2 nitrogen and oxygen atoms in total. The van der Waals surface area contributed by atoms with Crippen LogP contribution in [-0.2, 0) is 23.7 Å². The molecule has 0 fully saturated rings. The van der Waals surface area contributed by atoms with Gasteiger partial charge in [0, 0.05) is 7.11 Å². The van der Waals surface area contributed by atoms with Gasteiger partial charge in [-0.3, -0.25) is 0 Å². The number of hydrogen-bond acceptors (Lipinski definition) is 2. The molecular formula is CH4O2Ti. The fourth-order valence-corrected chi connectivity index (χ4v) is 0. The topological polar surface area (TPSA) is 37.3 Å². The van der Waals surface area contributed by atoms with Crippen molar-refractivity contribution in [2.24, 2.45) is 0 Å². The van der Waals surface area contributed by atoms with Gasteiger partial charge in [-0.2, -0.15) is 0 Å². The van der Waals surface area contributed by atoms with E-state index < -0.39 is 0 Å². The quantitative estimate of drug-likeness (QED) is 0.412. The zero-order valence-corrected chi connectivity index (χ0v) is 3.92. The molecule has 3 heteroatoms. The van der Waals surface area contributed by atoms with Crippen LogP contribution in [0.1, 0.15) is 0 Å². The van der Waals surface area contributed by atoms with E-state index in [-0.39, 0.29) is 0 Å². The first-order chi connectivity index (χ1) is 2.00. The van der Waals surface area contributed by atoms with Crippen LogP contribution in [0.15, 0.2) is 0 Å². The molecule has 0 saturated heterocycles. The van der Waals surface area contributed by atoms with Crippen molar-refractivity contribution < 1.29 is 28.8 Å². The zero-order chi connectivity index (χ0) is 4.00. The molecule has 0 saturated carbocycles. The Morgan fingerprint density at radius 1 is 1.50 bits per heavy atom. The van der Waals surface area contributed by atoms with Gasteiger partial charge in [0.25, 0.3) is 0 Å². The van der Waals surface area contributed by atoms with Crippen molar-refractivity contribution in [3.05, 3.63) is 0 Å². The third kappa shape index (κ3) is 23.9. The summed E-state index contributed by atoms with van der Waals surface area (Å²) in [6, 6.07) is 0. The van der Waals surface area contributed by atoms with Crippen LogP contribution in [0.25, 0.3) is 0 Å². The predicted octanol–water partition coefficient (Wildman–Crippen LogP) is -0.513. The predicted molar refractivity (Wildman–Crippen MR) is 8.83 cm³/mol. The molecule has 0 aliphatic rings. The van der Waals surface area contributed by atoms with E-state index in [1.54, 1.807) is 0 Å². The van der Waals surface area contributed by atoms with Crippen molar-refractivity contribution in [2.75, 3.05) is 7.11 Å². The molecule has 0 atom stereocenters. The van der Waals surface area contributed by atoms with Crippen LogP contribution in [0.3, 0.4) is 0 Å². The average Bonchev–Trinajstić information content (AvgIpc) is 1.50. The minimum absolute atomic E-state index is 0.750. The van der Waals surface area contributed by atoms with E-state index in [1.165, 1.54) is 0 Å². The van der Waals surface area contributed by atoms with Gasteiger partial charge in [0.05, 0.1) is 0 Å². The minimum atomic E-state index is 0.750. The van der Waals surface area contributed by atoms with Crippen LogP contribution in [-0.4, -0.2) is 12.2 Å². The summed E-state index contributed by atoms with van der Waals surface area (Å²) in [4.78, 5) is 0. The molecule has 0 spiro atoms. The Morgan fingerprint density at radius 2 is 1.50 bits per heavy atom. The number of hydrogen-bond donors (Lipinski definition) is 1. The Labute approximate surface area is 36.6 Å². The van der Waals surface area contributed by atoms with Gasteiger partial charge in [-0.15, -0.1) is 0 Å². The van der Waals surface area contributed by atoms with Crippen molar-refractivity contribution in [3.63, 3.8) is 0 Å². The van der Waals surface area contributed by atoms with E-state index in [9.17, 15) is 0 Å². The SMILES string of the molecule is CO.[O]=[Ti]. The number of aliphatic hydroxyl groups excluding tert-OH is 1. The van der Waals surface area contributed by atoms with E-state index >= 15 is 0 Å². The summed E-state index contributed by atoms with van der Waals surface area (Å²) in [7, 11) is 1.00. The first-order valence-corrected chi connectivity index (χ1v) is 1.29. The summed E-state index contributed by atoms with van der Waals surface area (Å²) in [5.41, 5.74) is 0. The van der Waals surface area contributed by atoms with Crippen molar-refractivity contribution in [2.45, 2.75) is 0 Å². The van der Waals surface area contributed by atoms with Crippen LogP contribution >= 0.6 is 0 Å². The molecule has 0 amide bonds. The van der Waals surface area contributed by atoms with E-state index in [0.717, 1.165) is 27.5 Å². The second-order valence-corrected chi connectivity index (χ2v) is 0. The molecule has 0 aromatic heterocycles. The fourth-order valence-electron chi connectivity index (χ4n) is 0. The monoisotopic (exact) mass is 96.0 g/mol. The van der Waals surface area contributed by atoms with Gasteiger partial charge in [-0.05, 0) is 0 Å². The van der Waals surface area contributed by atoms with Gasteiger partial charge in [0.15, 0.2) is 0 Å². The van der Waals surface area contributed by atoms with Gasteiger partial charge in [0.1, 0.15) is 0 Å². The Balaban J connectivity index is 0. The second-order valence-electron chi connectivity index (χ2n) is 0. The van der Waals surface area contributed by atoms with Gasteiger partial charge >= 0.3 is 23.7 Å². The first-order valence-electron chi connectivity index (χ1n) is 0.651. The van der Waals surface area contributed by atoms with Gasteiger partial charge < -0.3 is 5.11 Å². The number of aliphatic hydroxyl groups is 1. The van der Waals surface area contributed by atoms with Gasteiger partial charge in [-0.25, -0.2) is 0 Å². The maximum absolute atomic E-state index is 8.25. The Hall–Kier alpha value is 0.474. The molecule has 0 aromatic rings. The summed E-state index contributed by atoms with van der Waals surface area (Å²) >= 11 is 0.750. The van der Waals surface area contributed by atoms with Gasteiger partial charge in [-0.1, -0.05) is 0 Å². The Morgan fingerprint density at radius 3 is 1.50 bits per heavy atom. The van der Waals surface area contributed by atoms with Crippen LogP contribution in [0.2, 0.25) is 0 Å². The van der Waals surface area contributed by atoms with E-state index in [1.807, 2.05) is 0 Å². The molecule has 0 aliphatic heterocycles. The molecule has 0 aliphatic carbocycles. The van der Waals surface area contributed by atoms with Crippen LogP contribution in [0.4, 0.5) is 0 Å². The first kappa shape index (κ1) is 8.82. The molecule has 0 aromatic carbocycles. The molecular weight excluding hydrogens is 91.9 g/mol. The Kier molecular flexibility index (Phi) is 209. The third-order valence-electron chi connectivity index (χ3n) is 0. The Bertz CT molecular complexity index is 6.00. The van der Waals surface area contributed by atoms with Crippen molar-refractivity contribution in [1.29, 1.82) is 0 Å². The number of rotatable bonds is 0. The van der Waals surface area contributed by atoms with Crippen molar-refractivity contribution in [1.82, 2.24) is 0 Å². The molecule has 1 N–H and O–H groups in total. The molecule has 0 bridgehead atoms. The molecule has 0 heterocycles. The van der Waals surface area contributed by atoms with Crippen molar-refractivity contribution in [3.8, 4) is 0 Å². The third-order valence-corrected chi connectivity index (χ3v) is 0. The normalized spacial score (nSPS) is 2.25. The van der Waals surface area contributed by atoms with Crippen LogP contribution in [0.5, 0.6) is 0 Å². The summed E-state index contributed by atoms with van der Waals surface area (Å²) in [6.07, 6.45) is 0. The average molecular weight is 95.9 g/mol.